The van der Waals surface area contributed by atoms with Crippen molar-refractivity contribution in [3.05, 3.63) is 60.2 Å². The Morgan fingerprint density at radius 1 is 1.07 bits per heavy atom. The molecule has 0 atom stereocenters. The average molecular weight is 538 g/mol. The number of rotatable bonds is 6. The molecule has 0 unspecified atom stereocenters. The van der Waals surface area contributed by atoms with Crippen LogP contribution >= 0.6 is 35.7 Å². The van der Waals surface area contributed by atoms with Gasteiger partial charge in [0.2, 0.25) is 5.91 Å². The van der Waals surface area contributed by atoms with Crippen LogP contribution in [-0.4, -0.2) is 44.0 Å². The van der Waals surface area contributed by atoms with Crippen LogP contribution < -0.4 is 10.6 Å². The van der Waals surface area contributed by atoms with E-state index in [4.69, 9.17) is 0 Å². The Bertz CT molecular complexity index is 806. The Kier molecular flexibility index (Phi) is 10.5. The molecule has 1 amide bonds. The molecule has 5 nitrogen and oxygen atoms in total. The summed E-state index contributed by atoms with van der Waals surface area (Å²) in [5.41, 5.74) is 1.23. The molecule has 0 saturated carbocycles. The Morgan fingerprint density at radius 2 is 1.70 bits per heavy atom. The number of aliphatic imine (C=N–C) groups is 1. The zero-order chi connectivity index (χ0) is 20.5. The summed E-state index contributed by atoms with van der Waals surface area (Å²) in [5, 5.41) is 6.20. The van der Waals surface area contributed by atoms with Crippen LogP contribution in [0.2, 0.25) is 0 Å². The molecule has 2 aromatic rings. The van der Waals surface area contributed by atoms with E-state index < -0.39 is 0 Å². The minimum atomic E-state index is 0. The van der Waals surface area contributed by atoms with Gasteiger partial charge in [0.15, 0.2) is 5.96 Å². The lowest BCUT2D eigenvalue weighted by Crippen LogP contribution is -2.45. The lowest BCUT2D eigenvalue weighted by Gasteiger charge is -2.34. The molecular formula is C23H31IN4OS. The fourth-order valence-corrected chi connectivity index (χ4v) is 4.36. The van der Waals surface area contributed by atoms with Crippen molar-refractivity contribution in [3.8, 4) is 0 Å². The molecule has 2 aromatic carbocycles. The summed E-state index contributed by atoms with van der Waals surface area (Å²) in [4.78, 5) is 20.8. The first kappa shape index (κ1) is 24.5. The molecular weight excluding hydrogens is 507 g/mol. The largest absolute Gasteiger partial charge is 0.359 e. The van der Waals surface area contributed by atoms with Gasteiger partial charge in [0.05, 0.1) is 0 Å². The summed E-state index contributed by atoms with van der Waals surface area (Å²) >= 11 is 1.77. The molecule has 162 valence electrons. The molecule has 0 radical (unpaired) electrons. The molecule has 0 bridgehead atoms. The van der Waals surface area contributed by atoms with Crippen LogP contribution in [0, 0.1) is 5.92 Å². The van der Waals surface area contributed by atoms with Crippen LogP contribution in [0.3, 0.4) is 0 Å². The van der Waals surface area contributed by atoms with Crippen LogP contribution in [0.4, 0.5) is 0 Å². The standard InChI is InChI=1S/C23H30N4OS.HI/c1-24-22(28)16-18-12-14-27(15-13-18)23(25-2)26-17-19-8-10-21(11-9-19)29-20-6-4-3-5-7-20;/h3-11,18H,12-17H2,1-2H3,(H,24,28)(H,25,26);1H. The van der Waals surface area contributed by atoms with Crippen LogP contribution in [0.15, 0.2) is 69.4 Å². The summed E-state index contributed by atoms with van der Waals surface area (Å²) in [6.07, 6.45) is 2.68. The third-order valence-corrected chi connectivity index (χ3v) is 6.25. The molecule has 1 fully saturated rings. The van der Waals surface area contributed by atoms with Crippen LogP contribution in [0.5, 0.6) is 0 Å². The summed E-state index contributed by atoms with van der Waals surface area (Å²) in [7, 11) is 3.54. The number of benzene rings is 2. The highest BCUT2D eigenvalue weighted by molar-refractivity contribution is 14.0. The lowest BCUT2D eigenvalue weighted by atomic mass is 9.93. The van der Waals surface area contributed by atoms with E-state index in [1.165, 1.54) is 15.4 Å². The van der Waals surface area contributed by atoms with Gasteiger partial charge in [-0.2, -0.15) is 0 Å². The summed E-state index contributed by atoms with van der Waals surface area (Å²) in [6, 6.07) is 19.1. The number of likely N-dealkylation sites (tertiary alicyclic amines) is 1. The Morgan fingerprint density at radius 3 is 2.30 bits per heavy atom. The van der Waals surface area contributed by atoms with Crippen molar-refractivity contribution in [2.75, 3.05) is 27.2 Å². The van der Waals surface area contributed by atoms with Crippen LogP contribution in [0.1, 0.15) is 24.8 Å². The van der Waals surface area contributed by atoms with Gasteiger partial charge in [-0.3, -0.25) is 9.79 Å². The van der Waals surface area contributed by atoms with E-state index >= 15 is 0 Å². The topological polar surface area (TPSA) is 56.7 Å². The Labute approximate surface area is 201 Å². The quantitative estimate of drug-likeness (QED) is 0.326. The van der Waals surface area contributed by atoms with E-state index in [1.54, 1.807) is 18.8 Å². The number of nitrogens with zero attached hydrogens (tertiary/aromatic N) is 2. The van der Waals surface area contributed by atoms with Crippen molar-refractivity contribution in [1.82, 2.24) is 15.5 Å². The van der Waals surface area contributed by atoms with Gasteiger partial charge in [0.25, 0.3) is 0 Å². The van der Waals surface area contributed by atoms with E-state index in [-0.39, 0.29) is 29.9 Å². The first-order valence-electron chi connectivity index (χ1n) is 10.2. The molecule has 2 N–H and O–H groups in total. The van der Waals surface area contributed by atoms with E-state index in [2.05, 4.69) is 69.1 Å². The van der Waals surface area contributed by atoms with Gasteiger partial charge in [0.1, 0.15) is 0 Å². The third-order valence-electron chi connectivity index (χ3n) is 5.23. The maximum atomic E-state index is 11.6. The number of carbonyl (C=O) groups is 1. The van der Waals surface area contributed by atoms with Gasteiger partial charge < -0.3 is 15.5 Å². The highest BCUT2D eigenvalue weighted by atomic mass is 127. The molecule has 1 aliphatic heterocycles. The van der Waals surface area contributed by atoms with E-state index in [0.29, 0.717) is 12.3 Å². The molecule has 0 aliphatic carbocycles. The van der Waals surface area contributed by atoms with Crippen molar-refractivity contribution in [1.29, 1.82) is 0 Å². The fraction of sp³-hybridized carbons (Fsp3) is 0.391. The van der Waals surface area contributed by atoms with Gasteiger partial charge >= 0.3 is 0 Å². The minimum absolute atomic E-state index is 0. The van der Waals surface area contributed by atoms with Gasteiger partial charge in [-0.05, 0) is 48.6 Å². The molecule has 3 rings (SSSR count). The molecule has 30 heavy (non-hydrogen) atoms. The Hall–Kier alpha value is -1.74. The monoisotopic (exact) mass is 538 g/mol. The zero-order valence-electron chi connectivity index (χ0n) is 17.6. The predicted octanol–water partition coefficient (Wildman–Crippen LogP) is 4.38. The second kappa shape index (κ2) is 12.8. The van der Waals surface area contributed by atoms with Crippen molar-refractivity contribution >= 4 is 47.6 Å². The summed E-state index contributed by atoms with van der Waals surface area (Å²) in [6.45, 7) is 2.63. The van der Waals surface area contributed by atoms with Gasteiger partial charge in [0, 0.05) is 49.9 Å². The van der Waals surface area contributed by atoms with Gasteiger partial charge in [-0.1, -0.05) is 42.1 Å². The number of nitrogens with one attached hydrogen (secondary N) is 2. The lowest BCUT2D eigenvalue weighted by molar-refractivity contribution is -0.121. The van der Waals surface area contributed by atoms with E-state index in [1.807, 2.05) is 13.1 Å². The molecule has 0 spiro atoms. The van der Waals surface area contributed by atoms with Gasteiger partial charge in [-0.25, -0.2) is 0 Å². The second-order valence-corrected chi connectivity index (χ2v) is 8.41. The maximum Gasteiger partial charge on any atom is 0.220 e. The zero-order valence-corrected chi connectivity index (χ0v) is 20.8. The number of halogens is 1. The van der Waals surface area contributed by atoms with E-state index in [9.17, 15) is 4.79 Å². The fourth-order valence-electron chi connectivity index (χ4n) is 3.53. The Balaban J connectivity index is 0.00000320. The maximum absolute atomic E-state index is 11.6. The smallest absolute Gasteiger partial charge is 0.220 e. The molecule has 7 heteroatoms. The number of hydrogen-bond donors (Lipinski definition) is 2. The van der Waals surface area contributed by atoms with Gasteiger partial charge in [-0.15, -0.1) is 24.0 Å². The molecule has 0 aromatic heterocycles. The number of piperidine rings is 1. The van der Waals surface area contributed by atoms with Crippen molar-refractivity contribution in [3.63, 3.8) is 0 Å². The first-order valence-corrected chi connectivity index (χ1v) is 11.0. The summed E-state index contributed by atoms with van der Waals surface area (Å²) in [5.74, 6) is 1.55. The second-order valence-electron chi connectivity index (χ2n) is 7.27. The molecule has 1 saturated heterocycles. The molecule has 1 aliphatic rings. The summed E-state index contributed by atoms with van der Waals surface area (Å²) < 4.78 is 0. The number of amides is 1. The van der Waals surface area contributed by atoms with Crippen molar-refractivity contribution < 1.29 is 4.79 Å². The predicted molar refractivity (Wildman–Crippen MR) is 136 cm³/mol. The first-order chi connectivity index (χ1) is 14.2. The number of hydrogen-bond acceptors (Lipinski definition) is 3. The minimum Gasteiger partial charge on any atom is -0.359 e. The highest BCUT2D eigenvalue weighted by Crippen LogP contribution is 2.27. The van der Waals surface area contributed by atoms with Crippen molar-refractivity contribution in [2.45, 2.75) is 35.6 Å². The highest BCUT2D eigenvalue weighted by Gasteiger charge is 2.22. The number of carbonyl (C=O) groups excluding carboxylic acids is 1. The molecule has 1 heterocycles. The van der Waals surface area contributed by atoms with E-state index in [0.717, 1.165) is 38.4 Å². The van der Waals surface area contributed by atoms with Crippen LogP contribution in [-0.2, 0) is 11.3 Å². The normalized spacial score (nSPS) is 14.7. The SMILES string of the molecule is CN=C(NCc1ccc(Sc2ccccc2)cc1)N1CCC(CC(=O)NC)CC1.I. The third kappa shape index (κ3) is 7.50. The average Bonchev–Trinajstić information content (AvgIpc) is 2.77. The number of guanidine groups is 1. The van der Waals surface area contributed by atoms with Crippen LogP contribution in [0.25, 0.3) is 0 Å². The van der Waals surface area contributed by atoms with Crippen molar-refractivity contribution in [2.24, 2.45) is 10.9 Å².